The van der Waals surface area contributed by atoms with Gasteiger partial charge in [-0.2, -0.15) is 0 Å². The number of hydrogen-bond donors (Lipinski definition) is 0. The lowest BCUT2D eigenvalue weighted by Crippen LogP contribution is -2.53. The Morgan fingerprint density at radius 1 is 0.800 bits per heavy atom. The van der Waals surface area contributed by atoms with Gasteiger partial charge in [-0.15, -0.1) is 0 Å². The van der Waals surface area contributed by atoms with Crippen LogP contribution in [-0.2, 0) is 19.1 Å². The predicted octanol–water partition coefficient (Wildman–Crippen LogP) is 6.48. The molecular weight excluding hydrogens is 446 g/mol. The second-order valence-electron chi connectivity index (χ2n) is 9.11. The lowest BCUT2D eigenvalue weighted by Gasteiger charge is -2.40. The molecule has 1 aliphatic heterocycles. The SMILES string of the molecule is CC1(C)OC(=O)C(CCC/C=C/c2ccccc2)(CCC/C=C/c2ccc([N+](=O)[O-])cc2)C(=O)O1. The van der Waals surface area contributed by atoms with Gasteiger partial charge in [-0.1, -0.05) is 54.6 Å². The van der Waals surface area contributed by atoms with Crippen molar-refractivity contribution in [2.24, 2.45) is 5.41 Å². The predicted molar refractivity (Wildman–Crippen MR) is 134 cm³/mol. The summed E-state index contributed by atoms with van der Waals surface area (Å²) in [5, 5.41) is 10.8. The number of hydrogen-bond acceptors (Lipinski definition) is 6. The monoisotopic (exact) mass is 477 g/mol. The molecule has 3 rings (SSSR count). The topological polar surface area (TPSA) is 95.7 Å². The second kappa shape index (κ2) is 11.6. The van der Waals surface area contributed by atoms with Crippen molar-refractivity contribution in [3.05, 3.63) is 88.0 Å². The molecule has 2 aromatic carbocycles. The van der Waals surface area contributed by atoms with Gasteiger partial charge in [0.2, 0.25) is 0 Å². The highest BCUT2D eigenvalue weighted by molar-refractivity contribution is 6.01. The van der Waals surface area contributed by atoms with Crippen molar-refractivity contribution >= 4 is 29.8 Å². The average molecular weight is 478 g/mol. The maximum absolute atomic E-state index is 13.0. The molecule has 1 heterocycles. The van der Waals surface area contributed by atoms with E-state index in [1.165, 1.54) is 12.1 Å². The Kier molecular flexibility index (Phi) is 8.58. The van der Waals surface area contributed by atoms with Crippen LogP contribution in [0.3, 0.4) is 0 Å². The summed E-state index contributed by atoms with van der Waals surface area (Å²) in [7, 11) is 0. The summed E-state index contributed by atoms with van der Waals surface area (Å²) in [4.78, 5) is 36.3. The molecule has 0 amide bonds. The zero-order valence-corrected chi connectivity index (χ0v) is 20.1. The van der Waals surface area contributed by atoms with Gasteiger partial charge in [0.25, 0.3) is 11.5 Å². The molecule has 0 bridgehead atoms. The number of nitro groups is 1. The van der Waals surface area contributed by atoms with Crippen LogP contribution in [0.2, 0.25) is 0 Å². The molecule has 0 aromatic heterocycles. The largest absolute Gasteiger partial charge is 0.422 e. The van der Waals surface area contributed by atoms with Gasteiger partial charge in [-0.05, 0) is 61.8 Å². The van der Waals surface area contributed by atoms with Crippen LogP contribution < -0.4 is 0 Å². The van der Waals surface area contributed by atoms with E-state index in [1.54, 1.807) is 26.0 Å². The zero-order chi connectivity index (χ0) is 25.3. The van der Waals surface area contributed by atoms with E-state index in [0.717, 1.165) is 17.5 Å². The number of carbonyl (C=O) groups is 2. The average Bonchev–Trinajstić information content (AvgIpc) is 2.81. The van der Waals surface area contributed by atoms with Gasteiger partial charge in [0.15, 0.2) is 5.41 Å². The van der Waals surface area contributed by atoms with Crippen molar-refractivity contribution in [3.63, 3.8) is 0 Å². The molecule has 0 unspecified atom stereocenters. The Balaban J connectivity index is 1.59. The minimum atomic E-state index is -1.31. The minimum Gasteiger partial charge on any atom is -0.422 e. The van der Waals surface area contributed by atoms with Crippen LogP contribution in [0.15, 0.2) is 66.7 Å². The fourth-order valence-electron chi connectivity index (χ4n) is 4.03. The first kappa shape index (κ1) is 25.9. The number of carbonyl (C=O) groups excluding carboxylic acids is 2. The molecule has 0 radical (unpaired) electrons. The Morgan fingerprint density at radius 2 is 1.29 bits per heavy atom. The Morgan fingerprint density at radius 3 is 1.77 bits per heavy atom. The summed E-state index contributed by atoms with van der Waals surface area (Å²) in [5.41, 5.74) is 0.672. The first-order valence-corrected chi connectivity index (χ1v) is 11.8. The van der Waals surface area contributed by atoms with Crippen molar-refractivity contribution in [1.29, 1.82) is 0 Å². The molecule has 1 aliphatic rings. The third-order valence-corrected chi connectivity index (χ3v) is 5.93. The van der Waals surface area contributed by atoms with Crippen molar-refractivity contribution in [2.75, 3.05) is 0 Å². The molecule has 35 heavy (non-hydrogen) atoms. The highest BCUT2D eigenvalue weighted by Crippen LogP contribution is 2.40. The second-order valence-corrected chi connectivity index (χ2v) is 9.11. The number of rotatable bonds is 11. The van der Waals surface area contributed by atoms with Gasteiger partial charge < -0.3 is 9.47 Å². The van der Waals surface area contributed by atoms with Crippen LogP contribution in [0, 0.1) is 15.5 Å². The Labute approximate surface area is 205 Å². The number of allylic oxidation sites excluding steroid dienone is 2. The van der Waals surface area contributed by atoms with E-state index < -0.39 is 28.1 Å². The summed E-state index contributed by atoms with van der Waals surface area (Å²) >= 11 is 0. The maximum atomic E-state index is 13.0. The standard InChI is InChI=1S/C28H31NO6/c1-27(2)34-25(30)28(26(31)35-27,20-10-4-8-14-22-12-6-3-7-13-22)21-11-5-9-15-23-16-18-24(19-17-23)29(32)33/h3,6-9,12-19H,4-5,10-11,20-21H2,1-2H3/b14-8+,15-9+. The van der Waals surface area contributed by atoms with E-state index in [4.69, 9.17) is 9.47 Å². The molecule has 0 aliphatic carbocycles. The number of ether oxygens (including phenoxy) is 2. The molecule has 0 atom stereocenters. The van der Waals surface area contributed by atoms with Gasteiger partial charge in [-0.3, -0.25) is 19.7 Å². The molecular formula is C28H31NO6. The first-order chi connectivity index (χ1) is 16.7. The van der Waals surface area contributed by atoms with Crippen LogP contribution in [0.1, 0.15) is 63.5 Å². The number of benzene rings is 2. The van der Waals surface area contributed by atoms with Crippen LogP contribution >= 0.6 is 0 Å². The molecule has 7 heteroatoms. The van der Waals surface area contributed by atoms with E-state index in [-0.39, 0.29) is 5.69 Å². The van der Waals surface area contributed by atoms with Crippen molar-refractivity contribution < 1.29 is 24.0 Å². The fraction of sp³-hybridized carbons (Fsp3) is 0.357. The molecule has 0 N–H and O–H groups in total. The number of unbranched alkanes of at least 4 members (excludes halogenated alkanes) is 2. The number of nitrogens with zero attached hydrogens (tertiary/aromatic N) is 1. The highest BCUT2D eigenvalue weighted by atomic mass is 16.7. The number of nitro benzene ring substituents is 1. The van der Waals surface area contributed by atoms with Gasteiger partial charge in [0, 0.05) is 26.0 Å². The molecule has 0 spiro atoms. The maximum Gasteiger partial charge on any atom is 0.326 e. The van der Waals surface area contributed by atoms with Gasteiger partial charge >= 0.3 is 11.9 Å². The normalized spacial score (nSPS) is 16.9. The van der Waals surface area contributed by atoms with E-state index >= 15 is 0 Å². The summed E-state index contributed by atoms with van der Waals surface area (Å²) in [6, 6.07) is 16.2. The molecule has 184 valence electrons. The Bertz CT molecular complexity index is 1070. The van der Waals surface area contributed by atoms with E-state index in [0.29, 0.717) is 32.1 Å². The van der Waals surface area contributed by atoms with Crippen molar-refractivity contribution in [2.45, 2.75) is 58.2 Å². The lowest BCUT2D eigenvalue weighted by molar-refractivity contribution is -0.384. The van der Waals surface area contributed by atoms with Gasteiger partial charge in [0.1, 0.15) is 0 Å². The van der Waals surface area contributed by atoms with E-state index in [2.05, 4.69) is 0 Å². The van der Waals surface area contributed by atoms with Crippen LogP contribution in [-0.4, -0.2) is 22.6 Å². The molecule has 1 saturated heterocycles. The third kappa shape index (κ3) is 7.12. The van der Waals surface area contributed by atoms with E-state index in [9.17, 15) is 19.7 Å². The summed E-state index contributed by atoms with van der Waals surface area (Å²) < 4.78 is 10.9. The first-order valence-electron chi connectivity index (χ1n) is 11.8. The third-order valence-electron chi connectivity index (χ3n) is 5.93. The Hall–Kier alpha value is -3.74. The summed E-state index contributed by atoms with van der Waals surface area (Å²) in [6.07, 6.45) is 11.1. The summed E-state index contributed by atoms with van der Waals surface area (Å²) in [5.74, 6) is -2.31. The number of esters is 2. The van der Waals surface area contributed by atoms with Gasteiger partial charge in [0.05, 0.1) is 4.92 Å². The van der Waals surface area contributed by atoms with E-state index in [1.807, 2.05) is 54.6 Å². The van der Waals surface area contributed by atoms with Crippen molar-refractivity contribution in [3.8, 4) is 0 Å². The minimum absolute atomic E-state index is 0.0416. The zero-order valence-electron chi connectivity index (χ0n) is 20.1. The molecule has 7 nitrogen and oxygen atoms in total. The molecule has 2 aromatic rings. The van der Waals surface area contributed by atoms with Gasteiger partial charge in [-0.25, -0.2) is 0 Å². The quantitative estimate of drug-likeness (QED) is 0.121. The van der Waals surface area contributed by atoms with Crippen molar-refractivity contribution in [1.82, 2.24) is 0 Å². The summed E-state index contributed by atoms with van der Waals surface area (Å²) in [6.45, 7) is 3.12. The number of non-ortho nitro benzene ring substituents is 1. The number of cyclic esters (lactones) is 2. The molecule has 1 fully saturated rings. The highest BCUT2D eigenvalue weighted by Gasteiger charge is 2.55. The van der Waals surface area contributed by atoms with Crippen LogP contribution in [0.25, 0.3) is 12.2 Å². The smallest absolute Gasteiger partial charge is 0.326 e. The fourth-order valence-corrected chi connectivity index (χ4v) is 4.03. The lowest BCUT2D eigenvalue weighted by atomic mass is 9.77. The van der Waals surface area contributed by atoms with Crippen LogP contribution in [0.4, 0.5) is 5.69 Å². The molecule has 0 saturated carbocycles. The van der Waals surface area contributed by atoms with Crippen LogP contribution in [0.5, 0.6) is 0 Å².